The molecule has 2 aliphatic rings. The quantitative estimate of drug-likeness (QED) is 0.680. The van der Waals surface area contributed by atoms with Crippen LogP contribution < -0.4 is 10.6 Å². The van der Waals surface area contributed by atoms with Crippen molar-refractivity contribution in [2.75, 3.05) is 45.8 Å². The Bertz CT molecular complexity index is 289. The molecule has 2 N–H and O–H groups in total. The Hall–Kier alpha value is -1.30. The molecule has 2 rings (SSSR count). The molecule has 0 aromatic carbocycles. The van der Waals surface area contributed by atoms with Crippen LogP contribution >= 0.6 is 0 Å². The van der Waals surface area contributed by atoms with E-state index in [0.717, 1.165) is 45.7 Å². The molecule has 0 aromatic rings. The highest BCUT2D eigenvalue weighted by Gasteiger charge is 2.20. The molecule has 2 aliphatic heterocycles. The van der Waals surface area contributed by atoms with Gasteiger partial charge in [0, 0.05) is 52.2 Å². The number of hydrogen-bond donors (Lipinski definition) is 2. The van der Waals surface area contributed by atoms with Crippen molar-refractivity contribution in [1.82, 2.24) is 20.4 Å². The third-order valence-corrected chi connectivity index (χ3v) is 3.23. The van der Waals surface area contributed by atoms with Crippen LogP contribution in [0, 0.1) is 0 Å². The Kier molecular flexibility index (Phi) is 4.19. The zero-order chi connectivity index (χ0) is 12.1. The summed E-state index contributed by atoms with van der Waals surface area (Å²) in [6.45, 7) is 5.36. The average Bonchev–Trinajstić information content (AvgIpc) is 2.38. The number of amides is 3. The molecule has 6 nitrogen and oxygen atoms in total. The van der Waals surface area contributed by atoms with Gasteiger partial charge in [0.2, 0.25) is 5.91 Å². The number of nitrogens with one attached hydrogen (secondary N) is 2. The summed E-state index contributed by atoms with van der Waals surface area (Å²) in [5, 5.41) is 6.00. The number of nitrogens with zero attached hydrogens (tertiary/aromatic N) is 2. The molecule has 0 spiro atoms. The van der Waals surface area contributed by atoms with Crippen molar-refractivity contribution in [3.8, 4) is 0 Å². The zero-order valence-electron chi connectivity index (χ0n) is 10.1. The van der Waals surface area contributed by atoms with E-state index in [2.05, 4.69) is 10.6 Å². The maximum atomic E-state index is 11.9. The molecule has 0 saturated carbocycles. The summed E-state index contributed by atoms with van der Waals surface area (Å²) in [5.41, 5.74) is 0. The minimum Gasteiger partial charge on any atom is -0.340 e. The van der Waals surface area contributed by atoms with E-state index in [-0.39, 0.29) is 11.9 Å². The number of carbonyl (C=O) groups excluding carboxylic acids is 2. The van der Waals surface area contributed by atoms with Gasteiger partial charge in [0.1, 0.15) is 0 Å². The lowest BCUT2D eigenvalue weighted by Gasteiger charge is -2.30. The predicted molar refractivity (Wildman–Crippen MR) is 63.7 cm³/mol. The van der Waals surface area contributed by atoms with Crippen LogP contribution in [0.4, 0.5) is 4.79 Å². The molecule has 2 saturated heterocycles. The van der Waals surface area contributed by atoms with E-state index in [1.54, 1.807) is 4.90 Å². The zero-order valence-corrected chi connectivity index (χ0v) is 10.1. The summed E-state index contributed by atoms with van der Waals surface area (Å²) in [6, 6.07) is -0.0376. The van der Waals surface area contributed by atoms with E-state index in [1.165, 1.54) is 0 Å². The molecule has 0 aliphatic carbocycles. The highest BCUT2D eigenvalue weighted by Crippen LogP contribution is 2.03. The highest BCUT2D eigenvalue weighted by molar-refractivity contribution is 5.78. The average molecular weight is 240 g/mol. The third kappa shape index (κ3) is 3.33. The predicted octanol–water partition coefficient (Wildman–Crippen LogP) is -0.776. The summed E-state index contributed by atoms with van der Waals surface area (Å²) >= 11 is 0. The van der Waals surface area contributed by atoms with Crippen molar-refractivity contribution in [2.45, 2.75) is 12.8 Å². The highest BCUT2D eigenvalue weighted by atomic mass is 16.2. The molecule has 3 amide bonds. The molecule has 0 atom stereocenters. The van der Waals surface area contributed by atoms with Gasteiger partial charge in [-0.3, -0.25) is 4.79 Å². The third-order valence-electron chi connectivity index (χ3n) is 3.23. The van der Waals surface area contributed by atoms with Crippen LogP contribution in [0.1, 0.15) is 12.8 Å². The van der Waals surface area contributed by atoms with Gasteiger partial charge in [-0.2, -0.15) is 0 Å². The second-order valence-electron chi connectivity index (χ2n) is 4.45. The van der Waals surface area contributed by atoms with Gasteiger partial charge in [-0.1, -0.05) is 0 Å². The standard InChI is InChI=1S/C11H20N4O2/c16-10(14-8-4-12-5-9-14)2-7-15-6-1-3-13-11(15)17/h12H,1-9H2,(H,13,17). The Balaban J connectivity index is 1.73. The summed E-state index contributed by atoms with van der Waals surface area (Å²) in [4.78, 5) is 26.9. The Labute approximate surface area is 101 Å². The molecule has 96 valence electrons. The van der Waals surface area contributed by atoms with Crippen molar-refractivity contribution in [3.05, 3.63) is 0 Å². The van der Waals surface area contributed by atoms with Crippen molar-refractivity contribution in [1.29, 1.82) is 0 Å². The molecule has 6 heteroatoms. The van der Waals surface area contributed by atoms with Crippen LogP contribution in [0.2, 0.25) is 0 Å². The van der Waals surface area contributed by atoms with Crippen LogP contribution in [-0.4, -0.2) is 67.6 Å². The number of rotatable bonds is 3. The first kappa shape index (κ1) is 12.2. The summed E-state index contributed by atoms with van der Waals surface area (Å²) in [6.07, 6.45) is 1.40. The number of carbonyl (C=O) groups is 2. The Morgan fingerprint density at radius 1 is 1.18 bits per heavy atom. The molecule has 2 fully saturated rings. The first-order chi connectivity index (χ1) is 8.27. The van der Waals surface area contributed by atoms with Crippen molar-refractivity contribution >= 4 is 11.9 Å². The summed E-state index contributed by atoms with van der Waals surface area (Å²) in [7, 11) is 0. The molecular formula is C11H20N4O2. The first-order valence-electron chi connectivity index (χ1n) is 6.28. The summed E-state index contributed by atoms with van der Waals surface area (Å²) < 4.78 is 0. The minimum absolute atomic E-state index is 0.0376. The van der Waals surface area contributed by atoms with Crippen LogP contribution in [0.3, 0.4) is 0 Å². The number of hydrogen-bond acceptors (Lipinski definition) is 3. The molecule has 0 bridgehead atoms. The van der Waals surface area contributed by atoms with E-state index in [4.69, 9.17) is 0 Å². The van der Waals surface area contributed by atoms with E-state index < -0.39 is 0 Å². The van der Waals surface area contributed by atoms with E-state index in [1.807, 2.05) is 4.90 Å². The lowest BCUT2D eigenvalue weighted by molar-refractivity contribution is -0.131. The van der Waals surface area contributed by atoms with Gasteiger partial charge in [0.15, 0.2) is 0 Å². The smallest absolute Gasteiger partial charge is 0.317 e. The van der Waals surface area contributed by atoms with E-state index in [0.29, 0.717) is 13.0 Å². The maximum Gasteiger partial charge on any atom is 0.317 e. The van der Waals surface area contributed by atoms with E-state index >= 15 is 0 Å². The van der Waals surface area contributed by atoms with Crippen molar-refractivity contribution in [3.63, 3.8) is 0 Å². The lowest BCUT2D eigenvalue weighted by atomic mass is 10.2. The van der Waals surface area contributed by atoms with Gasteiger partial charge in [-0.05, 0) is 6.42 Å². The van der Waals surface area contributed by atoms with Gasteiger partial charge >= 0.3 is 6.03 Å². The maximum absolute atomic E-state index is 11.9. The second kappa shape index (κ2) is 5.86. The van der Waals surface area contributed by atoms with Crippen LogP contribution in [0.5, 0.6) is 0 Å². The molecule has 0 unspecified atom stereocenters. The van der Waals surface area contributed by atoms with Crippen LogP contribution in [0.15, 0.2) is 0 Å². The second-order valence-corrected chi connectivity index (χ2v) is 4.45. The molecular weight excluding hydrogens is 220 g/mol. The van der Waals surface area contributed by atoms with Gasteiger partial charge in [-0.15, -0.1) is 0 Å². The van der Waals surface area contributed by atoms with Gasteiger partial charge in [0.25, 0.3) is 0 Å². The minimum atomic E-state index is -0.0376. The SMILES string of the molecule is O=C(CCN1CCCNC1=O)N1CCNCC1. The fourth-order valence-corrected chi connectivity index (χ4v) is 2.19. The van der Waals surface area contributed by atoms with Crippen LogP contribution in [0.25, 0.3) is 0 Å². The monoisotopic (exact) mass is 240 g/mol. The van der Waals surface area contributed by atoms with Gasteiger partial charge < -0.3 is 20.4 Å². The van der Waals surface area contributed by atoms with E-state index in [9.17, 15) is 9.59 Å². The normalized spacial score (nSPS) is 21.3. The number of piperazine rings is 1. The van der Waals surface area contributed by atoms with Crippen molar-refractivity contribution in [2.24, 2.45) is 0 Å². The number of urea groups is 1. The summed E-state index contributed by atoms with van der Waals surface area (Å²) in [5.74, 6) is 0.157. The lowest BCUT2D eigenvalue weighted by Crippen LogP contribution is -2.49. The topological polar surface area (TPSA) is 64.7 Å². The van der Waals surface area contributed by atoms with Crippen LogP contribution in [-0.2, 0) is 4.79 Å². The van der Waals surface area contributed by atoms with Gasteiger partial charge in [-0.25, -0.2) is 4.79 Å². The first-order valence-corrected chi connectivity index (χ1v) is 6.28. The molecule has 0 radical (unpaired) electrons. The van der Waals surface area contributed by atoms with Gasteiger partial charge in [0.05, 0.1) is 0 Å². The Morgan fingerprint density at radius 2 is 1.94 bits per heavy atom. The molecule has 0 aromatic heterocycles. The largest absolute Gasteiger partial charge is 0.340 e. The molecule has 17 heavy (non-hydrogen) atoms. The van der Waals surface area contributed by atoms with Crippen molar-refractivity contribution < 1.29 is 9.59 Å². The Morgan fingerprint density at radius 3 is 2.65 bits per heavy atom. The fourth-order valence-electron chi connectivity index (χ4n) is 2.19. The fraction of sp³-hybridized carbons (Fsp3) is 0.818. The molecule has 2 heterocycles.